The van der Waals surface area contributed by atoms with Crippen LogP contribution >= 0.6 is 22.7 Å². The molecule has 0 aliphatic rings. The van der Waals surface area contributed by atoms with E-state index >= 15 is 0 Å². The fourth-order valence-electron chi connectivity index (χ4n) is 1.45. The summed E-state index contributed by atoms with van der Waals surface area (Å²) < 4.78 is 0. The van der Waals surface area contributed by atoms with E-state index in [1.807, 2.05) is 6.92 Å². The number of anilines is 1. The fourth-order valence-corrected chi connectivity index (χ4v) is 3.17. The van der Waals surface area contributed by atoms with E-state index in [1.54, 1.807) is 24.8 Å². The molecule has 0 aliphatic carbocycles. The van der Waals surface area contributed by atoms with E-state index < -0.39 is 0 Å². The Bertz CT molecular complexity index is 663. The van der Waals surface area contributed by atoms with Gasteiger partial charge in [-0.05, 0) is 6.92 Å². The lowest BCUT2D eigenvalue weighted by atomic mass is 10.5. The van der Waals surface area contributed by atoms with Crippen molar-refractivity contribution in [3.05, 3.63) is 24.8 Å². The van der Waals surface area contributed by atoms with E-state index in [2.05, 4.69) is 30.5 Å². The molecule has 0 fully saturated rings. The first-order chi connectivity index (χ1) is 9.36. The number of aromatic nitrogens is 5. The van der Waals surface area contributed by atoms with E-state index in [1.165, 1.54) is 22.7 Å². The van der Waals surface area contributed by atoms with E-state index in [0.29, 0.717) is 0 Å². The zero-order chi connectivity index (χ0) is 13.1. The molecule has 3 rings (SSSR count). The average molecular weight is 290 g/mol. The van der Waals surface area contributed by atoms with Gasteiger partial charge in [0.25, 0.3) is 0 Å². The zero-order valence-electron chi connectivity index (χ0n) is 10.1. The largest absolute Gasteiger partial charge is 0.360 e. The van der Waals surface area contributed by atoms with Gasteiger partial charge < -0.3 is 5.32 Å². The summed E-state index contributed by atoms with van der Waals surface area (Å²) in [6, 6.07) is 0. The molecule has 96 valence electrons. The van der Waals surface area contributed by atoms with E-state index in [0.717, 1.165) is 32.3 Å². The molecule has 0 unspecified atom stereocenters. The standard InChI is InChI=1S/C11H10N6S2/c1-2-13-11-17-16-10(19-11)8-6-15-9(18-8)7-5-12-3-4-14-7/h3-6H,2H2,1H3,(H,13,17). The third kappa shape index (κ3) is 2.59. The molecule has 0 atom stereocenters. The molecule has 6 nitrogen and oxygen atoms in total. The van der Waals surface area contributed by atoms with Gasteiger partial charge in [-0.15, -0.1) is 21.5 Å². The molecule has 0 saturated carbocycles. The maximum atomic E-state index is 4.35. The van der Waals surface area contributed by atoms with Gasteiger partial charge in [-0.3, -0.25) is 9.97 Å². The van der Waals surface area contributed by atoms with Gasteiger partial charge in [-0.2, -0.15) is 0 Å². The highest BCUT2D eigenvalue weighted by molar-refractivity contribution is 7.24. The molecule has 0 saturated heterocycles. The highest BCUT2D eigenvalue weighted by Crippen LogP contribution is 2.33. The Morgan fingerprint density at radius 1 is 1.05 bits per heavy atom. The molecule has 0 aliphatic heterocycles. The summed E-state index contributed by atoms with van der Waals surface area (Å²) in [5.41, 5.74) is 0.773. The second-order valence-corrected chi connectivity index (χ2v) is 5.57. The second kappa shape index (κ2) is 5.37. The second-order valence-electron chi connectivity index (χ2n) is 3.56. The maximum absolute atomic E-state index is 4.35. The van der Waals surface area contributed by atoms with Crippen LogP contribution in [-0.4, -0.2) is 31.7 Å². The lowest BCUT2D eigenvalue weighted by Gasteiger charge is -1.91. The van der Waals surface area contributed by atoms with Crippen LogP contribution in [0.25, 0.3) is 20.6 Å². The number of thiazole rings is 1. The predicted octanol–water partition coefficient (Wildman–Crippen LogP) is 2.55. The highest BCUT2D eigenvalue weighted by Gasteiger charge is 2.11. The lowest BCUT2D eigenvalue weighted by molar-refractivity contribution is 1.07. The Kier molecular flexibility index (Phi) is 3.43. The van der Waals surface area contributed by atoms with Gasteiger partial charge in [0.2, 0.25) is 5.13 Å². The first-order valence-corrected chi connectivity index (χ1v) is 7.30. The van der Waals surface area contributed by atoms with Crippen LogP contribution in [0.1, 0.15) is 6.92 Å². The van der Waals surface area contributed by atoms with Gasteiger partial charge >= 0.3 is 0 Å². The molecule has 3 aromatic rings. The molecule has 0 amide bonds. The molecular formula is C11H10N6S2. The van der Waals surface area contributed by atoms with Crippen molar-refractivity contribution >= 4 is 27.8 Å². The topological polar surface area (TPSA) is 76.5 Å². The van der Waals surface area contributed by atoms with Crippen molar-refractivity contribution in [3.63, 3.8) is 0 Å². The Balaban J connectivity index is 1.88. The minimum Gasteiger partial charge on any atom is -0.360 e. The quantitative estimate of drug-likeness (QED) is 0.795. The molecule has 19 heavy (non-hydrogen) atoms. The zero-order valence-corrected chi connectivity index (χ0v) is 11.7. The normalized spacial score (nSPS) is 10.6. The Morgan fingerprint density at radius 3 is 2.79 bits per heavy atom. The van der Waals surface area contributed by atoms with Gasteiger partial charge in [0.15, 0.2) is 5.01 Å². The molecule has 3 heterocycles. The predicted molar refractivity (Wildman–Crippen MR) is 76.2 cm³/mol. The Hall–Kier alpha value is -1.93. The SMILES string of the molecule is CCNc1nnc(-c2cnc(-c3cnccn3)s2)s1. The Morgan fingerprint density at radius 2 is 2.00 bits per heavy atom. The van der Waals surface area contributed by atoms with Crippen LogP contribution in [0.5, 0.6) is 0 Å². The Labute approximate surface area is 117 Å². The van der Waals surface area contributed by atoms with Crippen molar-refractivity contribution in [1.82, 2.24) is 25.1 Å². The monoisotopic (exact) mass is 290 g/mol. The molecular weight excluding hydrogens is 280 g/mol. The first-order valence-electron chi connectivity index (χ1n) is 5.67. The summed E-state index contributed by atoms with van der Waals surface area (Å²) in [5.74, 6) is 0. The van der Waals surface area contributed by atoms with Gasteiger partial charge in [0, 0.05) is 25.1 Å². The number of hydrogen-bond donors (Lipinski definition) is 1. The molecule has 0 spiro atoms. The van der Waals surface area contributed by atoms with Gasteiger partial charge in [0.05, 0.1) is 11.1 Å². The van der Waals surface area contributed by atoms with Crippen LogP contribution in [0.3, 0.4) is 0 Å². The van der Waals surface area contributed by atoms with Crippen LogP contribution in [-0.2, 0) is 0 Å². The molecule has 0 bridgehead atoms. The third-order valence-corrected chi connectivity index (χ3v) is 4.32. The minimum absolute atomic E-state index is 0.773. The summed E-state index contributed by atoms with van der Waals surface area (Å²) in [7, 11) is 0. The summed E-state index contributed by atoms with van der Waals surface area (Å²) in [6.45, 7) is 2.86. The van der Waals surface area contributed by atoms with Crippen molar-refractivity contribution in [2.24, 2.45) is 0 Å². The van der Waals surface area contributed by atoms with Gasteiger partial charge in [-0.1, -0.05) is 11.3 Å². The van der Waals surface area contributed by atoms with Crippen molar-refractivity contribution in [3.8, 4) is 20.6 Å². The maximum Gasteiger partial charge on any atom is 0.206 e. The molecule has 0 aromatic carbocycles. The van der Waals surface area contributed by atoms with Crippen molar-refractivity contribution < 1.29 is 0 Å². The number of nitrogens with zero attached hydrogens (tertiary/aromatic N) is 5. The third-order valence-electron chi connectivity index (χ3n) is 2.25. The van der Waals surface area contributed by atoms with E-state index in [9.17, 15) is 0 Å². The summed E-state index contributed by atoms with van der Waals surface area (Å²) in [6.07, 6.45) is 6.80. The summed E-state index contributed by atoms with van der Waals surface area (Å²) >= 11 is 3.06. The number of nitrogens with one attached hydrogen (secondary N) is 1. The van der Waals surface area contributed by atoms with E-state index in [4.69, 9.17) is 0 Å². The van der Waals surface area contributed by atoms with Crippen LogP contribution in [0.4, 0.5) is 5.13 Å². The molecule has 1 N–H and O–H groups in total. The molecule has 0 radical (unpaired) electrons. The van der Waals surface area contributed by atoms with Crippen molar-refractivity contribution in [2.75, 3.05) is 11.9 Å². The fraction of sp³-hybridized carbons (Fsp3) is 0.182. The molecule has 8 heteroatoms. The molecule has 3 aromatic heterocycles. The number of hydrogen-bond acceptors (Lipinski definition) is 8. The highest BCUT2D eigenvalue weighted by atomic mass is 32.1. The van der Waals surface area contributed by atoms with E-state index in [-0.39, 0.29) is 0 Å². The summed E-state index contributed by atoms with van der Waals surface area (Å²) in [4.78, 5) is 13.6. The van der Waals surface area contributed by atoms with Crippen LogP contribution < -0.4 is 5.32 Å². The van der Waals surface area contributed by atoms with Crippen molar-refractivity contribution in [2.45, 2.75) is 6.92 Å². The minimum atomic E-state index is 0.773. The average Bonchev–Trinajstić information content (AvgIpc) is 3.08. The van der Waals surface area contributed by atoms with Crippen LogP contribution in [0.2, 0.25) is 0 Å². The van der Waals surface area contributed by atoms with Gasteiger partial charge in [0.1, 0.15) is 10.7 Å². The van der Waals surface area contributed by atoms with Gasteiger partial charge in [-0.25, -0.2) is 4.98 Å². The van der Waals surface area contributed by atoms with Crippen molar-refractivity contribution in [1.29, 1.82) is 0 Å². The number of rotatable bonds is 4. The first kappa shape index (κ1) is 12.1. The summed E-state index contributed by atoms with van der Waals surface area (Å²) in [5, 5.41) is 13.9. The lowest BCUT2D eigenvalue weighted by Crippen LogP contribution is -1.94. The smallest absolute Gasteiger partial charge is 0.206 e. The van der Waals surface area contributed by atoms with Crippen LogP contribution in [0, 0.1) is 0 Å². The van der Waals surface area contributed by atoms with Crippen LogP contribution in [0.15, 0.2) is 24.8 Å².